The van der Waals surface area contributed by atoms with E-state index in [1.807, 2.05) is 0 Å². The Kier molecular flexibility index (Phi) is 4.38. The SMILES string of the molecule is Cc1cccc(C)c1-c1ccc2c(c1)c1ccccc1n1nc(-c3c(C)cccc3C)cc21. The molecule has 2 heterocycles. The van der Waals surface area contributed by atoms with Gasteiger partial charge in [-0.05, 0) is 84.7 Å². The molecule has 6 rings (SSSR count). The second kappa shape index (κ2) is 7.31. The minimum absolute atomic E-state index is 1.03. The lowest BCUT2D eigenvalue weighted by Gasteiger charge is -2.13. The van der Waals surface area contributed by atoms with Gasteiger partial charge in [0.25, 0.3) is 0 Å². The van der Waals surface area contributed by atoms with Crippen molar-refractivity contribution in [2.24, 2.45) is 0 Å². The molecule has 0 aliphatic heterocycles. The van der Waals surface area contributed by atoms with E-state index in [-0.39, 0.29) is 0 Å². The van der Waals surface area contributed by atoms with Crippen molar-refractivity contribution >= 4 is 27.2 Å². The molecule has 0 radical (unpaired) electrons. The van der Waals surface area contributed by atoms with E-state index in [9.17, 15) is 0 Å². The van der Waals surface area contributed by atoms with Gasteiger partial charge in [0.15, 0.2) is 0 Å². The van der Waals surface area contributed by atoms with Crippen LogP contribution < -0.4 is 0 Å². The van der Waals surface area contributed by atoms with Crippen LogP contribution in [0, 0.1) is 27.7 Å². The molecule has 0 aliphatic carbocycles. The van der Waals surface area contributed by atoms with Gasteiger partial charge in [0.1, 0.15) is 0 Å². The second-order valence-corrected chi connectivity index (χ2v) is 9.14. The zero-order valence-electron chi connectivity index (χ0n) is 19.5. The van der Waals surface area contributed by atoms with Crippen molar-refractivity contribution in [3.63, 3.8) is 0 Å². The molecule has 0 N–H and O–H groups in total. The highest BCUT2D eigenvalue weighted by molar-refractivity contribution is 6.14. The molecule has 0 bridgehead atoms. The standard InChI is InChI=1S/C31H26N2/c1-19-9-7-10-20(2)30(19)23-15-16-25-26(17-23)24-13-5-6-14-28(24)33-29(25)18-27(32-33)31-21(3)11-8-12-22(31)4/h5-18H,1-4H3. The molecule has 2 heteroatoms. The molecule has 6 aromatic rings. The van der Waals surface area contributed by atoms with Gasteiger partial charge in [0.2, 0.25) is 0 Å². The molecule has 2 aromatic heterocycles. The quantitative estimate of drug-likeness (QED) is 0.255. The summed E-state index contributed by atoms with van der Waals surface area (Å²) >= 11 is 0. The summed E-state index contributed by atoms with van der Waals surface area (Å²) in [6, 6.07) is 30.7. The zero-order chi connectivity index (χ0) is 22.7. The smallest absolute Gasteiger partial charge is 0.0939 e. The van der Waals surface area contributed by atoms with E-state index >= 15 is 0 Å². The van der Waals surface area contributed by atoms with E-state index in [0.717, 1.165) is 16.7 Å². The van der Waals surface area contributed by atoms with Crippen LogP contribution in [0.15, 0.2) is 84.9 Å². The normalized spacial score (nSPS) is 11.6. The van der Waals surface area contributed by atoms with Gasteiger partial charge in [-0.2, -0.15) is 5.10 Å². The Balaban J connectivity index is 1.71. The van der Waals surface area contributed by atoms with E-state index < -0.39 is 0 Å². The fourth-order valence-corrected chi connectivity index (χ4v) is 5.40. The van der Waals surface area contributed by atoms with Crippen molar-refractivity contribution in [1.29, 1.82) is 0 Å². The number of fused-ring (bicyclic) bond motifs is 6. The Morgan fingerprint density at radius 3 is 1.82 bits per heavy atom. The summed E-state index contributed by atoms with van der Waals surface area (Å²) in [7, 11) is 0. The van der Waals surface area contributed by atoms with E-state index in [1.165, 1.54) is 55.1 Å². The molecule has 33 heavy (non-hydrogen) atoms. The van der Waals surface area contributed by atoms with Gasteiger partial charge in [-0.3, -0.25) is 0 Å². The Bertz CT molecular complexity index is 1660. The molecule has 0 atom stereocenters. The van der Waals surface area contributed by atoms with Crippen LogP contribution in [-0.4, -0.2) is 9.61 Å². The van der Waals surface area contributed by atoms with E-state index in [2.05, 4.69) is 117 Å². The lowest BCUT2D eigenvalue weighted by molar-refractivity contribution is 1.01. The molecule has 4 aromatic carbocycles. The Labute approximate surface area is 194 Å². The maximum atomic E-state index is 5.11. The Morgan fingerprint density at radius 1 is 0.515 bits per heavy atom. The number of nitrogens with zero attached hydrogens (tertiary/aromatic N) is 2. The first-order valence-electron chi connectivity index (χ1n) is 11.5. The highest BCUT2D eigenvalue weighted by Crippen LogP contribution is 2.37. The number of pyridine rings is 1. The van der Waals surface area contributed by atoms with Crippen molar-refractivity contribution in [3.8, 4) is 22.4 Å². The minimum Gasteiger partial charge on any atom is -0.232 e. The van der Waals surface area contributed by atoms with Crippen LogP contribution in [0.5, 0.6) is 0 Å². The third-order valence-corrected chi connectivity index (χ3v) is 6.93. The van der Waals surface area contributed by atoms with Crippen LogP contribution in [0.1, 0.15) is 22.3 Å². The van der Waals surface area contributed by atoms with Gasteiger partial charge in [0, 0.05) is 16.3 Å². The molecule has 160 valence electrons. The lowest BCUT2D eigenvalue weighted by Crippen LogP contribution is -1.94. The lowest BCUT2D eigenvalue weighted by atomic mass is 9.93. The number of benzene rings is 4. The molecule has 0 saturated carbocycles. The molecular formula is C31H26N2. The van der Waals surface area contributed by atoms with Crippen molar-refractivity contribution in [2.45, 2.75) is 27.7 Å². The number of hydrogen-bond donors (Lipinski definition) is 0. The van der Waals surface area contributed by atoms with Crippen LogP contribution in [0.25, 0.3) is 49.6 Å². The summed E-state index contributed by atoms with van der Waals surface area (Å²) in [5, 5.41) is 8.83. The fraction of sp³-hybridized carbons (Fsp3) is 0.129. The number of aromatic nitrogens is 2. The van der Waals surface area contributed by atoms with Gasteiger partial charge >= 0.3 is 0 Å². The van der Waals surface area contributed by atoms with Crippen molar-refractivity contribution < 1.29 is 0 Å². The summed E-state index contributed by atoms with van der Waals surface area (Å²) in [5.74, 6) is 0. The average molecular weight is 427 g/mol. The summed E-state index contributed by atoms with van der Waals surface area (Å²) in [6.07, 6.45) is 0. The predicted molar refractivity (Wildman–Crippen MR) is 140 cm³/mol. The summed E-state index contributed by atoms with van der Waals surface area (Å²) in [5.41, 5.74) is 12.3. The maximum absolute atomic E-state index is 5.11. The average Bonchev–Trinajstić information content (AvgIpc) is 3.24. The monoisotopic (exact) mass is 426 g/mol. The topological polar surface area (TPSA) is 17.3 Å². The third kappa shape index (κ3) is 2.98. The molecular weight excluding hydrogens is 400 g/mol. The van der Waals surface area contributed by atoms with Gasteiger partial charge in [0.05, 0.1) is 16.7 Å². The maximum Gasteiger partial charge on any atom is 0.0939 e. The van der Waals surface area contributed by atoms with Gasteiger partial charge in [-0.25, -0.2) is 4.52 Å². The fourth-order valence-electron chi connectivity index (χ4n) is 5.40. The van der Waals surface area contributed by atoms with Crippen LogP contribution >= 0.6 is 0 Å². The van der Waals surface area contributed by atoms with Crippen LogP contribution in [0.3, 0.4) is 0 Å². The minimum atomic E-state index is 1.03. The highest BCUT2D eigenvalue weighted by Gasteiger charge is 2.16. The molecule has 0 amide bonds. The summed E-state index contributed by atoms with van der Waals surface area (Å²) in [4.78, 5) is 0. The first-order chi connectivity index (χ1) is 16.0. The first-order valence-corrected chi connectivity index (χ1v) is 11.5. The Hall–Kier alpha value is -3.91. The molecule has 0 aliphatic rings. The molecule has 2 nitrogen and oxygen atoms in total. The molecule has 0 fully saturated rings. The summed E-state index contributed by atoms with van der Waals surface area (Å²) in [6.45, 7) is 8.72. The van der Waals surface area contributed by atoms with E-state index in [4.69, 9.17) is 5.10 Å². The summed E-state index contributed by atoms with van der Waals surface area (Å²) < 4.78 is 2.12. The van der Waals surface area contributed by atoms with Crippen molar-refractivity contribution in [2.75, 3.05) is 0 Å². The largest absolute Gasteiger partial charge is 0.232 e. The third-order valence-electron chi connectivity index (χ3n) is 6.93. The van der Waals surface area contributed by atoms with Gasteiger partial charge in [-0.15, -0.1) is 0 Å². The van der Waals surface area contributed by atoms with Crippen molar-refractivity contribution in [1.82, 2.24) is 9.61 Å². The number of rotatable bonds is 2. The van der Waals surface area contributed by atoms with Gasteiger partial charge < -0.3 is 0 Å². The van der Waals surface area contributed by atoms with E-state index in [0.29, 0.717) is 0 Å². The molecule has 0 unspecified atom stereocenters. The molecule has 0 spiro atoms. The zero-order valence-corrected chi connectivity index (χ0v) is 19.5. The van der Waals surface area contributed by atoms with Gasteiger partial charge in [-0.1, -0.05) is 66.7 Å². The second-order valence-electron chi connectivity index (χ2n) is 9.14. The number of aryl methyl sites for hydroxylation is 4. The molecule has 0 saturated heterocycles. The number of hydrogen-bond acceptors (Lipinski definition) is 1. The van der Waals surface area contributed by atoms with Crippen LogP contribution in [-0.2, 0) is 0 Å². The van der Waals surface area contributed by atoms with Crippen molar-refractivity contribution in [3.05, 3.63) is 107 Å². The van der Waals surface area contributed by atoms with Crippen LogP contribution in [0.2, 0.25) is 0 Å². The van der Waals surface area contributed by atoms with Crippen LogP contribution in [0.4, 0.5) is 0 Å². The first kappa shape index (κ1) is 19.8. The Morgan fingerprint density at radius 2 is 1.12 bits per heavy atom. The predicted octanol–water partition coefficient (Wildman–Crippen LogP) is 8.21. The number of para-hydroxylation sites is 1. The highest BCUT2D eigenvalue weighted by atomic mass is 15.2. The van der Waals surface area contributed by atoms with E-state index in [1.54, 1.807) is 0 Å².